The lowest BCUT2D eigenvalue weighted by Crippen LogP contribution is -2.15. The van der Waals surface area contributed by atoms with Gasteiger partial charge in [0.15, 0.2) is 0 Å². The van der Waals surface area contributed by atoms with Crippen LogP contribution in [0.5, 0.6) is 5.88 Å². The third-order valence-corrected chi connectivity index (χ3v) is 3.98. The molecule has 0 radical (unpaired) electrons. The van der Waals surface area contributed by atoms with Crippen LogP contribution in [0.4, 0.5) is 17.2 Å². The molecule has 3 rings (SSSR count). The van der Waals surface area contributed by atoms with E-state index in [-0.39, 0.29) is 11.6 Å². The fourth-order valence-corrected chi connectivity index (χ4v) is 2.43. The van der Waals surface area contributed by atoms with Crippen molar-refractivity contribution in [2.45, 2.75) is 26.3 Å². The zero-order valence-electron chi connectivity index (χ0n) is 16.1. The molecule has 0 aliphatic rings. The Morgan fingerprint density at radius 1 is 1.14 bits per heavy atom. The number of amides is 1. The first-order valence-electron chi connectivity index (χ1n) is 9.31. The molecule has 0 aliphatic carbocycles. The summed E-state index contributed by atoms with van der Waals surface area (Å²) >= 11 is 0. The van der Waals surface area contributed by atoms with Gasteiger partial charge in [0.05, 0.1) is 36.9 Å². The minimum absolute atomic E-state index is 0.201. The second-order valence-corrected chi connectivity index (χ2v) is 6.22. The fourth-order valence-electron chi connectivity index (χ4n) is 2.43. The van der Waals surface area contributed by atoms with Crippen molar-refractivity contribution in [3.05, 3.63) is 60.4 Å². The Hall–Kier alpha value is -3.75. The van der Waals surface area contributed by atoms with Crippen molar-refractivity contribution in [3.8, 4) is 5.88 Å². The molecule has 0 saturated heterocycles. The molecule has 9 heteroatoms. The first kappa shape index (κ1) is 20.0. The van der Waals surface area contributed by atoms with Gasteiger partial charge in [0.25, 0.3) is 5.91 Å². The van der Waals surface area contributed by atoms with Crippen molar-refractivity contribution >= 4 is 23.1 Å². The molecule has 0 atom stereocenters. The molecule has 0 unspecified atom stereocenters. The van der Waals surface area contributed by atoms with E-state index in [1.54, 1.807) is 30.6 Å². The van der Waals surface area contributed by atoms with Gasteiger partial charge in [-0.15, -0.1) is 0 Å². The standard InChI is InChI=1S/C20H23N7O2/c1-2-3-9-29-18-13-25-17(12-26-18)20(28)27-14-6-8-22-15(10-14)11-24-16-5-4-7-23-19(16)21/h4-8,10,12-13,24H,2-3,9,11H2,1H3,(H2,21,23)(H,22,27,28). The Kier molecular flexibility index (Phi) is 6.88. The molecule has 150 valence electrons. The topological polar surface area (TPSA) is 128 Å². The molecular weight excluding hydrogens is 370 g/mol. The van der Waals surface area contributed by atoms with Crippen LogP contribution in [0.15, 0.2) is 49.1 Å². The summed E-state index contributed by atoms with van der Waals surface area (Å²) in [5, 5.41) is 5.96. The minimum atomic E-state index is -0.362. The van der Waals surface area contributed by atoms with Crippen LogP contribution in [0.25, 0.3) is 0 Å². The Balaban J connectivity index is 1.58. The average Bonchev–Trinajstić information content (AvgIpc) is 2.74. The average molecular weight is 393 g/mol. The molecule has 3 aromatic heterocycles. The summed E-state index contributed by atoms with van der Waals surface area (Å²) in [7, 11) is 0. The first-order valence-corrected chi connectivity index (χ1v) is 9.31. The summed E-state index contributed by atoms with van der Waals surface area (Å²) in [4.78, 5) is 29.0. The number of pyridine rings is 2. The van der Waals surface area contributed by atoms with Crippen molar-refractivity contribution in [1.29, 1.82) is 0 Å². The van der Waals surface area contributed by atoms with E-state index < -0.39 is 0 Å². The van der Waals surface area contributed by atoms with E-state index >= 15 is 0 Å². The van der Waals surface area contributed by atoms with Crippen molar-refractivity contribution in [3.63, 3.8) is 0 Å². The maximum Gasteiger partial charge on any atom is 0.275 e. The highest BCUT2D eigenvalue weighted by molar-refractivity contribution is 6.02. The predicted octanol–water partition coefficient (Wildman–Crippen LogP) is 2.89. The van der Waals surface area contributed by atoms with E-state index in [1.165, 1.54) is 12.4 Å². The van der Waals surface area contributed by atoms with Gasteiger partial charge in [-0.1, -0.05) is 13.3 Å². The van der Waals surface area contributed by atoms with Crippen LogP contribution in [0.1, 0.15) is 35.9 Å². The van der Waals surface area contributed by atoms with Crippen LogP contribution in [0.3, 0.4) is 0 Å². The first-order chi connectivity index (χ1) is 14.2. The number of aromatic nitrogens is 4. The summed E-state index contributed by atoms with van der Waals surface area (Å²) in [5.41, 5.74) is 8.08. The zero-order chi connectivity index (χ0) is 20.5. The number of hydrogen-bond donors (Lipinski definition) is 3. The van der Waals surface area contributed by atoms with Crippen LogP contribution in [-0.4, -0.2) is 32.4 Å². The van der Waals surface area contributed by atoms with Crippen LogP contribution in [0, 0.1) is 0 Å². The maximum atomic E-state index is 12.4. The molecule has 3 aromatic rings. The third kappa shape index (κ3) is 5.86. The van der Waals surface area contributed by atoms with Gasteiger partial charge in [0.1, 0.15) is 11.5 Å². The molecule has 0 aliphatic heterocycles. The van der Waals surface area contributed by atoms with E-state index in [0.717, 1.165) is 24.2 Å². The minimum Gasteiger partial charge on any atom is -0.477 e. The summed E-state index contributed by atoms with van der Waals surface area (Å²) in [6, 6.07) is 7.11. The number of carbonyl (C=O) groups is 1. The van der Waals surface area contributed by atoms with Gasteiger partial charge < -0.3 is 21.1 Å². The highest BCUT2D eigenvalue weighted by Gasteiger charge is 2.10. The lowest BCUT2D eigenvalue weighted by atomic mass is 10.3. The molecule has 1 amide bonds. The summed E-state index contributed by atoms with van der Waals surface area (Å²) in [5.74, 6) is 0.457. The largest absolute Gasteiger partial charge is 0.477 e. The van der Waals surface area contributed by atoms with Gasteiger partial charge in [-0.05, 0) is 30.7 Å². The van der Waals surface area contributed by atoms with E-state index in [2.05, 4.69) is 37.5 Å². The Morgan fingerprint density at radius 3 is 2.79 bits per heavy atom. The van der Waals surface area contributed by atoms with Gasteiger partial charge in [-0.25, -0.2) is 15.0 Å². The zero-order valence-corrected chi connectivity index (χ0v) is 16.1. The van der Waals surface area contributed by atoms with Gasteiger partial charge >= 0.3 is 0 Å². The smallest absolute Gasteiger partial charge is 0.275 e. The molecule has 0 bridgehead atoms. The molecule has 3 heterocycles. The highest BCUT2D eigenvalue weighted by Crippen LogP contribution is 2.16. The number of rotatable bonds is 9. The molecular formula is C20H23N7O2. The van der Waals surface area contributed by atoms with Crippen LogP contribution >= 0.6 is 0 Å². The number of nitrogens with zero attached hydrogens (tertiary/aromatic N) is 4. The molecule has 0 spiro atoms. The Bertz CT molecular complexity index is 948. The van der Waals surface area contributed by atoms with E-state index in [4.69, 9.17) is 10.5 Å². The van der Waals surface area contributed by atoms with Gasteiger partial charge in [0.2, 0.25) is 5.88 Å². The van der Waals surface area contributed by atoms with Gasteiger partial charge in [-0.3, -0.25) is 9.78 Å². The summed E-state index contributed by atoms with van der Waals surface area (Å²) < 4.78 is 5.45. The molecule has 29 heavy (non-hydrogen) atoms. The monoisotopic (exact) mass is 393 g/mol. The van der Waals surface area contributed by atoms with E-state index in [1.807, 2.05) is 6.07 Å². The van der Waals surface area contributed by atoms with E-state index in [9.17, 15) is 4.79 Å². The molecule has 9 nitrogen and oxygen atoms in total. The van der Waals surface area contributed by atoms with Gasteiger partial charge in [-0.2, -0.15) is 0 Å². The normalized spacial score (nSPS) is 10.4. The Morgan fingerprint density at radius 2 is 2.03 bits per heavy atom. The predicted molar refractivity (Wildman–Crippen MR) is 111 cm³/mol. The number of carbonyl (C=O) groups excluding carboxylic acids is 1. The lowest BCUT2D eigenvalue weighted by Gasteiger charge is -2.10. The highest BCUT2D eigenvalue weighted by atomic mass is 16.5. The van der Waals surface area contributed by atoms with Crippen LogP contribution < -0.4 is 21.1 Å². The molecule has 4 N–H and O–H groups in total. The molecule has 0 fully saturated rings. The quantitative estimate of drug-likeness (QED) is 0.474. The number of anilines is 3. The second kappa shape index (κ2) is 9.98. The van der Waals surface area contributed by atoms with Crippen molar-refractivity contribution in [2.75, 3.05) is 23.0 Å². The van der Waals surface area contributed by atoms with Crippen LogP contribution in [-0.2, 0) is 6.54 Å². The van der Waals surface area contributed by atoms with E-state index in [0.29, 0.717) is 30.5 Å². The number of nitrogen functional groups attached to an aromatic ring is 1. The number of nitrogens with two attached hydrogens (primary N) is 1. The number of hydrogen-bond acceptors (Lipinski definition) is 8. The Labute approximate surface area is 168 Å². The summed E-state index contributed by atoms with van der Waals surface area (Å²) in [6.45, 7) is 3.09. The van der Waals surface area contributed by atoms with Crippen molar-refractivity contribution in [2.24, 2.45) is 0 Å². The number of ether oxygens (including phenoxy) is 1. The molecule has 0 saturated carbocycles. The number of unbranched alkanes of at least 4 members (excludes halogenated alkanes) is 1. The fraction of sp³-hybridized carbons (Fsp3) is 0.250. The van der Waals surface area contributed by atoms with Crippen LogP contribution in [0.2, 0.25) is 0 Å². The van der Waals surface area contributed by atoms with Crippen molar-refractivity contribution < 1.29 is 9.53 Å². The lowest BCUT2D eigenvalue weighted by molar-refractivity contribution is 0.102. The third-order valence-electron chi connectivity index (χ3n) is 3.98. The van der Waals surface area contributed by atoms with Crippen molar-refractivity contribution in [1.82, 2.24) is 19.9 Å². The van der Waals surface area contributed by atoms with Gasteiger partial charge in [0, 0.05) is 18.1 Å². The maximum absolute atomic E-state index is 12.4. The SMILES string of the molecule is CCCCOc1cnc(C(=O)Nc2ccnc(CNc3cccnc3N)c2)cn1. The second-order valence-electron chi connectivity index (χ2n) is 6.22. The molecule has 0 aromatic carbocycles. The summed E-state index contributed by atoms with van der Waals surface area (Å²) in [6.07, 6.45) is 8.07. The number of nitrogens with one attached hydrogen (secondary N) is 2.